The predicted molar refractivity (Wildman–Crippen MR) is 115 cm³/mol. The summed E-state index contributed by atoms with van der Waals surface area (Å²) in [5.41, 5.74) is 2.37. The molecule has 1 aromatic heterocycles. The second kappa shape index (κ2) is 14.6. The number of halogens is 1. The van der Waals surface area contributed by atoms with Crippen LogP contribution in [0.1, 0.15) is 40.2 Å². The third-order valence-electron chi connectivity index (χ3n) is 3.02. The van der Waals surface area contributed by atoms with Gasteiger partial charge in [0.1, 0.15) is 5.82 Å². The van der Waals surface area contributed by atoms with Crippen molar-refractivity contribution in [3.05, 3.63) is 59.4 Å². The maximum absolute atomic E-state index is 11.5. The number of aryl methyl sites for hydroxylation is 1. The van der Waals surface area contributed by atoms with E-state index in [9.17, 15) is 4.79 Å². The van der Waals surface area contributed by atoms with E-state index in [1.54, 1.807) is 37.5 Å². The van der Waals surface area contributed by atoms with E-state index in [1.807, 2.05) is 52.8 Å². The Kier molecular flexibility index (Phi) is 13.2. The lowest BCUT2D eigenvalue weighted by Gasteiger charge is -2.04. The SMILES string of the molecule is CC.CC.CCOC(=O)Nc1cccnc(-c2cccc(C)c2Cl)[nH]cc1. The van der Waals surface area contributed by atoms with Gasteiger partial charge >= 0.3 is 6.09 Å². The molecule has 0 aliphatic heterocycles. The summed E-state index contributed by atoms with van der Waals surface area (Å²) in [7, 11) is 0. The molecule has 2 N–H and O–H groups in total. The molecule has 6 heteroatoms. The molecule has 0 aliphatic rings. The number of benzene rings is 1. The molecule has 5 nitrogen and oxygen atoms in total. The number of aromatic amines is 1. The number of carbonyl (C=O) groups is 1. The molecule has 1 aromatic carbocycles. The Morgan fingerprint density at radius 1 is 1.15 bits per heavy atom. The number of aromatic nitrogens is 2. The third kappa shape index (κ3) is 8.60. The van der Waals surface area contributed by atoms with Gasteiger partial charge in [-0.05, 0) is 43.7 Å². The number of rotatable bonds is 3. The molecule has 0 unspecified atom stereocenters. The van der Waals surface area contributed by atoms with E-state index in [0.717, 1.165) is 11.1 Å². The van der Waals surface area contributed by atoms with Crippen molar-refractivity contribution in [2.45, 2.75) is 41.5 Å². The molecule has 0 bridgehead atoms. The lowest BCUT2D eigenvalue weighted by molar-refractivity contribution is 0.168. The van der Waals surface area contributed by atoms with Gasteiger partial charge in [0.25, 0.3) is 0 Å². The van der Waals surface area contributed by atoms with Crippen molar-refractivity contribution >= 4 is 23.4 Å². The van der Waals surface area contributed by atoms with Crippen LogP contribution in [-0.2, 0) is 4.74 Å². The highest BCUT2D eigenvalue weighted by molar-refractivity contribution is 6.33. The summed E-state index contributed by atoms with van der Waals surface area (Å²) in [5.74, 6) is 0.622. The summed E-state index contributed by atoms with van der Waals surface area (Å²) in [6.07, 6.45) is 2.81. The first-order valence-electron chi connectivity index (χ1n) is 9.18. The van der Waals surface area contributed by atoms with Gasteiger partial charge in [-0.25, -0.2) is 9.78 Å². The number of hydrogen-bond acceptors (Lipinski definition) is 3. The third-order valence-corrected chi connectivity index (χ3v) is 3.52. The molecule has 2 rings (SSSR count). The van der Waals surface area contributed by atoms with Crippen LogP contribution in [0.4, 0.5) is 10.5 Å². The molecule has 0 spiro atoms. The van der Waals surface area contributed by atoms with E-state index < -0.39 is 6.09 Å². The van der Waals surface area contributed by atoms with Crippen molar-refractivity contribution in [3.8, 4) is 11.4 Å². The van der Waals surface area contributed by atoms with Crippen LogP contribution < -0.4 is 5.32 Å². The number of carbonyl (C=O) groups excluding carboxylic acids is 1. The van der Waals surface area contributed by atoms with Crippen LogP contribution in [0.2, 0.25) is 5.02 Å². The number of H-pyrrole nitrogens is 1. The zero-order chi connectivity index (χ0) is 20.7. The topological polar surface area (TPSA) is 67.0 Å². The van der Waals surface area contributed by atoms with Crippen molar-refractivity contribution in [2.75, 3.05) is 11.9 Å². The molecule has 0 radical (unpaired) electrons. The average Bonchev–Trinajstić information content (AvgIpc) is 2.80. The molecular weight excluding hydrogens is 362 g/mol. The van der Waals surface area contributed by atoms with Crippen LogP contribution in [0.5, 0.6) is 0 Å². The minimum Gasteiger partial charge on any atom is -0.450 e. The number of anilines is 1. The summed E-state index contributed by atoms with van der Waals surface area (Å²) in [6, 6.07) is 10.9. The Morgan fingerprint density at radius 2 is 1.85 bits per heavy atom. The number of nitrogens with zero attached hydrogens (tertiary/aromatic N) is 1. The number of nitrogens with one attached hydrogen (secondary N) is 2. The Balaban J connectivity index is 0.00000158. The molecule has 0 fully saturated rings. The minimum atomic E-state index is -0.501. The first-order valence-corrected chi connectivity index (χ1v) is 9.56. The Labute approximate surface area is 167 Å². The number of ether oxygens (including phenoxy) is 1. The van der Waals surface area contributed by atoms with Gasteiger partial charge in [-0.1, -0.05) is 51.4 Å². The smallest absolute Gasteiger partial charge is 0.411 e. The molecule has 1 amide bonds. The minimum absolute atomic E-state index is 0.316. The Bertz CT molecular complexity index is 744. The highest BCUT2D eigenvalue weighted by Crippen LogP contribution is 2.27. The van der Waals surface area contributed by atoms with E-state index in [1.165, 1.54) is 0 Å². The highest BCUT2D eigenvalue weighted by Gasteiger charge is 2.05. The second-order valence-electron chi connectivity index (χ2n) is 4.70. The van der Waals surface area contributed by atoms with Gasteiger partial charge in [-0.2, -0.15) is 0 Å². The first kappa shape index (κ1) is 24.5. The van der Waals surface area contributed by atoms with E-state index >= 15 is 0 Å². The largest absolute Gasteiger partial charge is 0.450 e. The molecule has 27 heavy (non-hydrogen) atoms. The summed E-state index contributed by atoms with van der Waals surface area (Å²) in [5, 5.41) is 3.29. The van der Waals surface area contributed by atoms with E-state index in [-0.39, 0.29) is 0 Å². The fourth-order valence-corrected chi connectivity index (χ4v) is 2.13. The van der Waals surface area contributed by atoms with Gasteiger partial charge in [0.05, 0.1) is 11.6 Å². The number of amides is 1. The lowest BCUT2D eigenvalue weighted by Crippen LogP contribution is -2.12. The monoisotopic (exact) mass is 391 g/mol. The second-order valence-corrected chi connectivity index (χ2v) is 5.08. The summed E-state index contributed by atoms with van der Waals surface area (Å²) in [6.45, 7) is 12.0. The molecule has 0 aliphatic carbocycles. The normalized spacial score (nSPS) is 8.85. The van der Waals surface area contributed by atoms with Crippen LogP contribution in [-0.4, -0.2) is 22.7 Å². The number of hydrogen-bond donors (Lipinski definition) is 2. The van der Waals surface area contributed by atoms with Crippen molar-refractivity contribution in [1.29, 1.82) is 0 Å². The van der Waals surface area contributed by atoms with Crippen LogP contribution in [0.25, 0.3) is 11.4 Å². The highest BCUT2D eigenvalue weighted by atomic mass is 35.5. The zero-order valence-electron chi connectivity index (χ0n) is 17.0. The van der Waals surface area contributed by atoms with E-state index in [2.05, 4.69) is 15.3 Å². The van der Waals surface area contributed by atoms with Crippen LogP contribution in [0, 0.1) is 6.92 Å². The van der Waals surface area contributed by atoms with Gasteiger partial charge in [-0.3, -0.25) is 5.32 Å². The molecule has 1 heterocycles. The molecular formula is C21H30ClN3O2. The van der Waals surface area contributed by atoms with Gasteiger partial charge in [0.2, 0.25) is 0 Å². The molecule has 2 aromatic rings. The van der Waals surface area contributed by atoms with Gasteiger partial charge < -0.3 is 9.72 Å². The molecule has 0 atom stereocenters. The van der Waals surface area contributed by atoms with Crippen LogP contribution >= 0.6 is 11.6 Å². The van der Waals surface area contributed by atoms with Crippen molar-refractivity contribution in [2.24, 2.45) is 0 Å². The quantitative estimate of drug-likeness (QED) is 0.605. The molecule has 0 saturated heterocycles. The van der Waals surface area contributed by atoms with Crippen LogP contribution in [0.3, 0.4) is 0 Å². The fraction of sp³-hybridized carbons (Fsp3) is 0.333. The van der Waals surface area contributed by atoms with Gasteiger partial charge in [-0.15, -0.1) is 0 Å². The Hall–Kier alpha value is -2.53. The maximum Gasteiger partial charge on any atom is 0.411 e. The first-order chi connectivity index (χ1) is 13.1. The fourth-order valence-electron chi connectivity index (χ4n) is 1.91. The maximum atomic E-state index is 11.5. The van der Waals surface area contributed by atoms with E-state index in [4.69, 9.17) is 16.3 Å². The summed E-state index contributed by atoms with van der Waals surface area (Å²) < 4.78 is 4.85. The van der Waals surface area contributed by atoms with Gasteiger partial charge in [0, 0.05) is 23.6 Å². The summed E-state index contributed by atoms with van der Waals surface area (Å²) in [4.78, 5) is 18.9. The van der Waals surface area contributed by atoms with Crippen LogP contribution in [0.15, 0.2) is 48.8 Å². The Morgan fingerprint density at radius 3 is 2.52 bits per heavy atom. The summed E-state index contributed by atoms with van der Waals surface area (Å²) >= 11 is 6.34. The van der Waals surface area contributed by atoms with Crippen molar-refractivity contribution in [1.82, 2.24) is 9.97 Å². The standard InChI is InChI=1S/C17H18ClN3O2.2C2H6/c1-3-23-17(22)21-13-7-5-10-19-16(20-11-9-13)14-8-4-6-12(2)15(14)18;2*1-2/h4-11H,3H2,1-2H3,(H,19,20)(H,21,22);2*1-2H3. The van der Waals surface area contributed by atoms with Gasteiger partial charge in [0.15, 0.2) is 0 Å². The predicted octanol–water partition coefficient (Wildman–Crippen LogP) is 6.78. The average molecular weight is 392 g/mol. The van der Waals surface area contributed by atoms with Crippen molar-refractivity contribution < 1.29 is 9.53 Å². The lowest BCUT2D eigenvalue weighted by atomic mass is 10.1. The molecule has 148 valence electrons. The molecule has 0 saturated carbocycles. The van der Waals surface area contributed by atoms with Crippen molar-refractivity contribution in [3.63, 3.8) is 0 Å². The van der Waals surface area contributed by atoms with E-state index in [0.29, 0.717) is 23.1 Å². The zero-order valence-corrected chi connectivity index (χ0v) is 17.7.